The number of carbonyl (C=O) groups excluding carboxylic acids is 4. The van der Waals surface area contributed by atoms with Crippen LogP contribution >= 0.6 is 56.9 Å². The molecule has 29 heteroatoms. The van der Waals surface area contributed by atoms with Crippen molar-refractivity contribution in [1.82, 2.24) is 21.3 Å². The lowest BCUT2D eigenvalue weighted by Crippen LogP contribution is -2.16. The third kappa shape index (κ3) is 27.3. The summed E-state index contributed by atoms with van der Waals surface area (Å²) in [7, 11) is 0. The molecular formula is C107H101ClF4N4O16S4. The van der Waals surface area contributed by atoms with Crippen molar-refractivity contribution in [3.63, 3.8) is 0 Å². The molecule has 0 atom stereocenters. The van der Waals surface area contributed by atoms with E-state index in [0.29, 0.717) is 124 Å². The molecule has 20 nitrogen and oxygen atoms in total. The first-order valence-electron chi connectivity index (χ1n) is 44.2. The SMILES string of the molecule is CCNCCCOc1ccc(Oc2c(C(=O)c3cc(C)ccc3C)sc3cc(O)ccc23)cc1.CCNCCCOc1ccc(Oc2c(C(=O)c3ccc(C(F)(F)F)cc3)sc3cc(O)ccc23)cc1.CCNCCCOc1ccc(Oc2c(C(=O)c3ccc(Cl)cc3)sc3cc(O)ccc23)cc1.CCNCCCOc1ccc(Oc2c(C(=O)c3ccc(F)cc3)sc3cc(O)ccc23)cc1. The summed E-state index contributed by atoms with van der Waals surface area (Å²) in [5.74, 6) is 5.84. The van der Waals surface area contributed by atoms with Crippen molar-refractivity contribution in [2.24, 2.45) is 0 Å². The Morgan fingerprint density at radius 2 is 0.596 bits per heavy atom. The van der Waals surface area contributed by atoms with E-state index >= 15 is 0 Å². The Bertz CT molecular complexity index is 6520. The van der Waals surface area contributed by atoms with Crippen molar-refractivity contribution >= 4 is 120 Å². The molecule has 704 valence electrons. The topological polar surface area (TPSA) is 271 Å². The van der Waals surface area contributed by atoms with Crippen LogP contribution in [-0.2, 0) is 6.18 Å². The number of aryl methyl sites for hydroxylation is 2. The Labute approximate surface area is 805 Å². The number of phenols is 4. The second-order valence-corrected chi connectivity index (χ2v) is 35.6. The van der Waals surface area contributed by atoms with E-state index in [1.54, 1.807) is 121 Å². The first-order valence-corrected chi connectivity index (χ1v) is 47.9. The van der Waals surface area contributed by atoms with E-state index in [-0.39, 0.29) is 56.5 Å². The number of rotatable bonds is 40. The molecule has 0 fully saturated rings. The van der Waals surface area contributed by atoms with E-state index in [0.717, 1.165) is 167 Å². The van der Waals surface area contributed by atoms with Crippen LogP contribution in [0.2, 0.25) is 5.02 Å². The molecule has 0 bridgehead atoms. The molecule has 0 amide bonds. The van der Waals surface area contributed by atoms with Gasteiger partial charge in [-0.15, -0.1) is 45.3 Å². The van der Waals surface area contributed by atoms with Crippen molar-refractivity contribution in [1.29, 1.82) is 0 Å². The highest BCUT2D eigenvalue weighted by Crippen LogP contribution is 2.49. The Morgan fingerprint density at radius 1 is 0.331 bits per heavy atom. The number of nitrogens with one attached hydrogen (secondary N) is 4. The molecule has 8 N–H and O–H groups in total. The van der Waals surface area contributed by atoms with Crippen molar-refractivity contribution < 1.29 is 95.1 Å². The van der Waals surface area contributed by atoms with Crippen LogP contribution in [0.5, 0.6) is 92.0 Å². The number of halogens is 5. The number of fused-ring (bicyclic) bond motifs is 4. The maximum atomic E-state index is 13.6. The molecule has 0 aliphatic carbocycles. The van der Waals surface area contributed by atoms with E-state index in [4.69, 9.17) is 49.5 Å². The minimum absolute atomic E-state index is 0.0273. The summed E-state index contributed by atoms with van der Waals surface area (Å²) in [4.78, 5) is 54.9. The van der Waals surface area contributed by atoms with Crippen molar-refractivity contribution in [3.05, 3.63) is 330 Å². The van der Waals surface area contributed by atoms with Gasteiger partial charge in [0, 0.05) is 67.6 Å². The minimum Gasteiger partial charge on any atom is -0.508 e. The summed E-state index contributed by atoms with van der Waals surface area (Å²) in [6.07, 6.45) is -0.850. The predicted octanol–water partition coefficient (Wildman–Crippen LogP) is 26.5. The molecule has 16 rings (SSSR count). The zero-order valence-electron chi connectivity index (χ0n) is 75.4. The van der Waals surface area contributed by atoms with E-state index < -0.39 is 23.3 Å². The molecule has 0 aliphatic rings. The number of phenolic OH excluding ortho intramolecular Hbond substituents is 4. The molecule has 0 radical (unpaired) electrons. The fraction of sp³-hybridized carbons (Fsp3) is 0.215. The Balaban J connectivity index is 0.000000153. The zero-order chi connectivity index (χ0) is 96.2. The molecule has 0 saturated heterocycles. The van der Waals surface area contributed by atoms with Crippen molar-refractivity contribution in [2.45, 2.75) is 73.4 Å². The number of aromatic hydroxyl groups is 4. The monoisotopic (exact) mass is 1940 g/mol. The van der Waals surface area contributed by atoms with Crippen molar-refractivity contribution in [3.8, 4) is 92.0 Å². The van der Waals surface area contributed by atoms with Gasteiger partial charge < -0.3 is 79.6 Å². The second-order valence-electron chi connectivity index (χ2n) is 31.0. The fourth-order valence-electron chi connectivity index (χ4n) is 13.9. The average molecular weight is 1940 g/mol. The van der Waals surface area contributed by atoms with Gasteiger partial charge in [-0.05, 0) is 334 Å². The summed E-state index contributed by atoms with van der Waals surface area (Å²) >= 11 is 10.9. The Kier molecular flexibility index (Phi) is 35.8. The summed E-state index contributed by atoms with van der Waals surface area (Å²) in [6, 6.07) is 70.6. The maximum Gasteiger partial charge on any atom is 0.416 e. The van der Waals surface area contributed by atoms with Gasteiger partial charge in [0.25, 0.3) is 0 Å². The molecule has 4 aromatic heterocycles. The quantitative estimate of drug-likeness (QED) is 0.0101. The lowest BCUT2D eigenvalue weighted by molar-refractivity contribution is -0.137. The van der Waals surface area contributed by atoms with Gasteiger partial charge in [0.1, 0.15) is 94.3 Å². The average Bonchev–Trinajstić information content (AvgIpc) is 1.65. The van der Waals surface area contributed by atoms with Crippen LogP contribution < -0.4 is 59.2 Å². The molecule has 0 unspecified atom stereocenters. The van der Waals surface area contributed by atoms with Gasteiger partial charge >= 0.3 is 6.18 Å². The molecule has 4 heterocycles. The summed E-state index contributed by atoms with van der Waals surface area (Å²) in [6.45, 7) is 22.0. The Hall–Kier alpha value is -13.4. The highest BCUT2D eigenvalue weighted by atomic mass is 35.5. The predicted molar refractivity (Wildman–Crippen MR) is 534 cm³/mol. The number of benzene rings is 12. The molecule has 0 spiro atoms. The van der Waals surface area contributed by atoms with Crippen LogP contribution in [0.3, 0.4) is 0 Å². The highest BCUT2D eigenvalue weighted by Gasteiger charge is 2.32. The molecular weight excluding hydrogens is 1840 g/mol. The highest BCUT2D eigenvalue weighted by molar-refractivity contribution is 7.22. The minimum atomic E-state index is -4.49. The molecule has 12 aromatic carbocycles. The smallest absolute Gasteiger partial charge is 0.416 e. The summed E-state index contributed by atoms with van der Waals surface area (Å²) in [5, 5.41) is 56.1. The van der Waals surface area contributed by atoms with Crippen LogP contribution in [0.25, 0.3) is 40.3 Å². The van der Waals surface area contributed by atoms with Crippen LogP contribution in [0.4, 0.5) is 17.6 Å². The van der Waals surface area contributed by atoms with Gasteiger partial charge in [0.05, 0.1) is 32.0 Å². The standard InChI is InChI=1S/C28H29NO4S.C27H24F3NO4S.C26H24ClNO4S.C26H24FNO4S/c1-4-29-14-5-15-32-21-9-11-22(12-10-21)33-27-23-13-8-20(30)17-25(23)34-28(27)26(31)24-16-18(2)6-7-19(24)3;1-2-31-14-3-15-34-20-9-11-21(12-10-20)35-25-22-13-8-19(32)16-23(22)36-26(25)24(33)17-4-6-18(7-5-17)27(28,29)30;2*1-2-28-14-3-15-31-20-9-11-21(12-10-20)32-25-22-13-8-19(29)16-23(22)33-26(25)24(30)17-4-6-18(27)7-5-17/h6-13,16-17,29-30H,4-5,14-15H2,1-3H3;4-13,16,31-32H,2-3,14-15H2,1H3;2*4-13,16,28-29H,2-3,14-15H2,1H3. The van der Waals surface area contributed by atoms with Gasteiger partial charge in [-0.1, -0.05) is 69.1 Å². The normalized spacial score (nSPS) is 11.1. The number of ketones is 4. The summed E-state index contributed by atoms with van der Waals surface area (Å²) < 4.78 is 103. The van der Waals surface area contributed by atoms with Crippen molar-refractivity contribution in [2.75, 3.05) is 78.8 Å². The lowest BCUT2D eigenvalue weighted by Gasteiger charge is -2.11. The van der Waals surface area contributed by atoms with Gasteiger partial charge in [-0.3, -0.25) is 19.2 Å². The third-order valence-corrected chi connectivity index (χ3v) is 25.7. The first-order chi connectivity index (χ1) is 65.8. The van der Waals surface area contributed by atoms with Gasteiger partial charge in [0.2, 0.25) is 23.1 Å². The molecule has 0 aliphatic heterocycles. The van der Waals surface area contributed by atoms with Crippen LogP contribution in [0.15, 0.2) is 261 Å². The molecule has 16 aromatic rings. The number of alkyl halides is 3. The number of hydrogen-bond donors (Lipinski definition) is 8. The zero-order valence-corrected chi connectivity index (χ0v) is 79.4. The number of carbonyl (C=O) groups is 4. The summed E-state index contributed by atoms with van der Waals surface area (Å²) in [5.41, 5.74) is 2.74. The van der Waals surface area contributed by atoms with E-state index in [1.165, 1.54) is 70.4 Å². The maximum absolute atomic E-state index is 13.6. The van der Waals surface area contributed by atoms with Crippen LogP contribution in [0.1, 0.15) is 131 Å². The van der Waals surface area contributed by atoms with E-state index in [1.807, 2.05) is 99.6 Å². The molecule has 0 saturated carbocycles. The van der Waals surface area contributed by atoms with Crippen LogP contribution in [-0.4, -0.2) is 122 Å². The fourth-order valence-corrected chi connectivity index (χ4v) is 18.5. The Morgan fingerprint density at radius 3 is 0.875 bits per heavy atom. The molecule has 136 heavy (non-hydrogen) atoms. The van der Waals surface area contributed by atoms with Gasteiger partial charge in [0.15, 0.2) is 23.0 Å². The van der Waals surface area contributed by atoms with Gasteiger partial charge in [-0.2, -0.15) is 13.2 Å². The lowest BCUT2D eigenvalue weighted by atomic mass is 10.0. The van der Waals surface area contributed by atoms with E-state index in [2.05, 4.69) is 42.0 Å². The third-order valence-electron chi connectivity index (χ3n) is 20.9. The van der Waals surface area contributed by atoms with Crippen LogP contribution in [0, 0.1) is 19.7 Å². The largest absolute Gasteiger partial charge is 0.508 e. The first kappa shape index (κ1) is 100. The number of hydrogen-bond acceptors (Lipinski definition) is 24. The van der Waals surface area contributed by atoms with Gasteiger partial charge in [-0.25, -0.2) is 4.39 Å². The number of thiophene rings is 4. The number of ether oxygens (including phenoxy) is 8. The second kappa shape index (κ2) is 48.7. The van der Waals surface area contributed by atoms with E-state index in [9.17, 15) is 57.2 Å².